The first kappa shape index (κ1) is 19.5. The highest BCUT2D eigenvalue weighted by atomic mass is 35.5. The number of carbonyl (C=O) groups excluding carboxylic acids is 2. The Balaban J connectivity index is 2.02. The molecule has 0 aliphatic carbocycles. The van der Waals surface area contributed by atoms with Gasteiger partial charge in [-0.25, -0.2) is 9.78 Å². The van der Waals surface area contributed by atoms with Crippen molar-refractivity contribution >= 4 is 41.1 Å². The van der Waals surface area contributed by atoms with E-state index in [2.05, 4.69) is 10.3 Å². The Bertz CT molecular complexity index is 1060. The Kier molecular flexibility index (Phi) is 5.69. The van der Waals surface area contributed by atoms with Gasteiger partial charge in [0.2, 0.25) is 5.91 Å². The van der Waals surface area contributed by atoms with Crippen LogP contribution in [0.25, 0.3) is 11.1 Å². The lowest BCUT2D eigenvalue weighted by atomic mass is 9.97. The number of hydrogen-bond acceptors (Lipinski definition) is 7. The molecule has 3 N–H and O–H groups in total. The number of rotatable bonds is 4. The molecule has 2 aromatic rings. The number of urea groups is 1. The number of thioether (sulfide) groups is 1. The molecular formula is C18H13ClN6O2S. The van der Waals surface area contributed by atoms with E-state index in [1.54, 1.807) is 24.3 Å². The quantitative estimate of drug-likeness (QED) is 0.735. The Morgan fingerprint density at radius 1 is 1.32 bits per heavy atom. The number of halogens is 1. The molecule has 3 rings (SSSR count). The summed E-state index contributed by atoms with van der Waals surface area (Å²) >= 11 is 7.24. The lowest BCUT2D eigenvalue weighted by Crippen LogP contribution is -2.35. The number of nitrogens with one attached hydrogen (secondary N) is 1. The second kappa shape index (κ2) is 8.17. The molecule has 0 radical (unpaired) electrons. The van der Waals surface area contributed by atoms with E-state index < -0.39 is 11.9 Å². The average Bonchev–Trinajstić information content (AvgIpc) is 3.12. The van der Waals surface area contributed by atoms with Gasteiger partial charge in [0.05, 0.1) is 11.3 Å². The van der Waals surface area contributed by atoms with Gasteiger partial charge in [-0.3, -0.25) is 9.69 Å². The molecule has 0 unspecified atom stereocenters. The summed E-state index contributed by atoms with van der Waals surface area (Å²) in [6, 6.07) is 10.3. The SMILES string of the molecule is N#Cc1c(N)nc(SCC(=O)N2CCNC2=O)c(C#N)c1-c1ccccc1Cl. The first-order valence-electron chi connectivity index (χ1n) is 8.07. The highest BCUT2D eigenvalue weighted by molar-refractivity contribution is 8.00. The fourth-order valence-electron chi connectivity index (χ4n) is 2.75. The molecule has 0 spiro atoms. The van der Waals surface area contributed by atoms with Crippen molar-refractivity contribution in [1.29, 1.82) is 10.5 Å². The summed E-state index contributed by atoms with van der Waals surface area (Å²) in [4.78, 5) is 29.1. The van der Waals surface area contributed by atoms with Crippen LogP contribution in [0.15, 0.2) is 29.3 Å². The zero-order chi connectivity index (χ0) is 20.3. The third kappa shape index (κ3) is 3.58. The van der Waals surface area contributed by atoms with Crippen molar-refractivity contribution in [3.8, 4) is 23.3 Å². The van der Waals surface area contributed by atoms with Gasteiger partial charge in [0.1, 0.15) is 28.5 Å². The largest absolute Gasteiger partial charge is 0.383 e. The fourth-order valence-corrected chi connectivity index (χ4v) is 3.85. The van der Waals surface area contributed by atoms with Crippen molar-refractivity contribution in [2.24, 2.45) is 0 Å². The summed E-state index contributed by atoms with van der Waals surface area (Å²) in [5.74, 6) is -0.583. The highest BCUT2D eigenvalue weighted by Gasteiger charge is 2.27. The van der Waals surface area contributed by atoms with Crippen LogP contribution >= 0.6 is 23.4 Å². The number of pyridine rings is 1. The van der Waals surface area contributed by atoms with Crippen molar-refractivity contribution in [2.75, 3.05) is 24.6 Å². The molecule has 1 aromatic carbocycles. The maximum atomic E-state index is 12.3. The Morgan fingerprint density at radius 3 is 2.64 bits per heavy atom. The average molecular weight is 413 g/mol. The van der Waals surface area contributed by atoms with Crippen LogP contribution in [0.3, 0.4) is 0 Å². The second-order valence-electron chi connectivity index (χ2n) is 5.70. The van der Waals surface area contributed by atoms with Gasteiger partial charge in [0.25, 0.3) is 0 Å². The monoisotopic (exact) mass is 412 g/mol. The summed E-state index contributed by atoms with van der Waals surface area (Å²) in [5.41, 5.74) is 6.82. The standard InChI is InChI=1S/C18H13ClN6O2S/c19-13-4-2-1-3-10(13)15-11(7-20)16(22)24-17(12(15)8-21)28-9-14(26)25-6-5-23-18(25)27/h1-4H,5-6,9H2,(H2,22,24)(H,23,27). The van der Waals surface area contributed by atoms with Gasteiger partial charge in [-0.15, -0.1) is 0 Å². The van der Waals surface area contributed by atoms with Gasteiger partial charge in [-0.1, -0.05) is 41.6 Å². The first-order chi connectivity index (χ1) is 13.5. The van der Waals surface area contributed by atoms with Crippen molar-refractivity contribution in [2.45, 2.75) is 5.03 Å². The Hall–Kier alpha value is -3.27. The predicted molar refractivity (Wildman–Crippen MR) is 104 cm³/mol. The molecule has 8 nitrogen and oxygen atoms in total. The lowest BCUT2D eigenvalue weighted by molar-refractivity contribution is -0.124. The van der Waals surface area contributed by atoms with E-state index in [0.29, 0.717) is 17.1 Å². The third-order valence-electron chi connectivity index (χ3n) is 4.05. The van der Waals surface area contributed by atoms with Crippen LogP contribution in [-0.4, -0.2) is 40.7 Å². The van der Waals surface area contributed by atoms with Crippen LogP contribution in [0.5, 0.6) is 0 Å². The fraction of sp³-hybridized carbons (Fsp3) is 0.167. The minimum Gasteiger partial charge on any atom is -0.383 e. The van der Waals surface area contributed by atoms with Crippen LogP contribution in [-0.2, 0) is 4.79 Å². The zero-order valence-corrected chi connectivity index (χ0v) is 16.0. The number of nitrogens with zero attached hydrogens (tertiary/aromatic N) is 4. The van der Waals surface area contributed by atoms with Crippen molar-refractivity contribution in [1.82, 2.24) is 15.2 Å². The van der Waals surface area contributed by atoms with Gasteiger partial charge in [-0.2, -0.15) is 10.5 Å². The Morgan fingerprint density at radius 2 is 2.04 bits per heavy atom. The lowest BCUT2D eigenvalue weighted by Gasteiger charge is -2.15. The van der Waals surface area contributed by atoms with Crippen molar-refractivity contribution in [3.63, 3.8) is 0 Å². The minimum absolute atomic E-state index is 0.0410. The molecule has 0 atom stereocenters. The molecule has 1 saturated heterocycles. The molecule has 1 aliphatic rings. The predicted octanol–water partition coefficient (Wildman–Crippen LogP) is 2.37. The van der Waals surface area contributed by atoms with Gasteiger partial charge >= 0.3 is 6.03 Å². The number of hydrogen-bond donors (Lipinski definition) is 2. The molecule has 0 saturated carbocycles. The zero-order valence-electron chi connectivity index (χ0n) is 14.4. The molecular weight excluding hydrogens is 400 g/mol. The molecule has 0 bridgehead atoms. The van der Waals surface area contributed by atoms with Crippen LogP contribution in [0.1, 0.15) is 11.1 Å². The van der Waals surface area contributed by atoms with E-state index in [-0.39, 0.29) is 39.8 Å². The number of anilines is 1. The van der Waals surface area contributed by atoms with Crippen LogP contribution < -0.4 is 11.1 Å². The van der Waals surface area contributed by atoms with Gasteiger partial charge < -0.3 is 11.1 Å². The van der Waals surface area contributed by atoms with Crippen LogP contribution in [0.4, 0.5) is 10.6 Å². The number of amides is 3. The molecule has 140 valence electrons. The van der Waals surface area contributed by atoms with E-state index in [1.165, 1.54) is 0 Å². The number of nitrogens with two attached hydrogens (primary N) is 1. The second-order valence-corrected chi connectivity index (χ2v) is 7.07. The van der Waals surface area contributed by atoms with Gasteiger partial charge in [0.15, 0.2) is 0 Å². The summed E-state index contributed by atoms with van der Waals surface area (Å²) in [5, 5.41) is 22.3. The molecule has 3 amide bonds. The number of carbonyl (C=O) groups is 2. The van der Waals surface area contributed by atoms with E-state index >= 15 is 0 Å². The number of nitriles is 2. The minimum atomic E-state index is -0.449. The van der Waals surface area contributed by atoms with E-state index in [4.69, 9.17) is 17.3 Å². The number of nitrogen functional groups attached to an aromatic ring is 1. The maximum absolute atomic E-state index is 12.3. The normalized spacial score (nSPS) is 13.0. The maximum Gasteiger partial charge on any atom is 0.324 e. The number of benzene rings is 1. The summed E-state index contributed by atoms with van der Waals surface area (Å²) < 4.78 is 0. The van der Waals surface area contributed by atoms with E-state index in [0.717, 1.165) is 16.7 Å². The van der Waals surface area contributed by atoms with Crippen molar-refractivity contribution in [3.05, 3.63) is 40.4 Å². The molecule has 10 heteroatoms. The summed E-state index contributed by atoms with van der Waals surface area (Å²) in [6.07, 6.45) is 0. The third-order valence-corrected chi connectivity index (χ3v) is 5.34. The smallest absolute Gasteiger partial charge is 0.324 e. The number of aromatic nitrogens is 1. The highest BCUT2D eigenvalue weighted by Crippen LogP contribution is 2.38. The van der Waals surface area contributed by atoms with Gasteiger partial charge in [0, 0.05) is 29.2 Å². The topological polar surface area (TPSA) is 136 Å². The summed E-state index contributed by atoms with van der Waals surface area (Å²) in [7, 11) is 0. The number of imide groups is 1. The molecule has 28 heavy (non-hydrogen) atoms. The van der Waals surface area contributed by atoms with Crippen LogP contribution in [0.2, 0.25) is 5.02 Å². The van der Waals surface area contributed by atoms with Crippen LogP contribution in [0, 0.1) is 22.7 Å². The van der Waals surface area contributed by atoms with Gasteiger partial charge in [-0.05, 0) is 6.07 Å². The molecule has 1 aliphatic heterocycles. The summed E-state index contributed by atoms with van der Waals surface area (Å²) in [6.45, 7) is 0.689. The molecule has 1 fully saturated rings. The molecule has 2 heterocycles. The Labute approximate surface area is 169 Å². The van der Waals surface area contributed by atoms with E-state index in [1.807, 2.05) is 12.1 Å². The van der Waals surface area contributed by atoms with E-state index in [9.17, 15) is 20.1 Å². The van der Waals surface area contributed by atoms with Crippen molar-refractivity contribution < 1.29 is 9.59 Å². The first-order valence-corrected chi connectivity index (χ1v) is 9.43. The molecule has 1 aromatic heterocycles.